The fourth-order valence-electron chi connectivity index (χ4n) is 1.96. The number of carbonyl (C=O) groups is 1. The van der Waals surface area contributed by atoms with E-state index in [1.165, 1.54) is 11.0 Å². The van der Waals surface area contributed by atoms with Gasteiger partial charge in [0.15, 0.2) is 0 Å². The lowest BCUT2D eigenvalue weighted by Crippen LogP contribution is -2.12. The first-order valence-corrected chi connectivity index (χ1v) is 7.36. The van der Waals surface area contributed by atoms with Gasteiger partial charge in [0.1, 0.15) is 12.1 Å². The number of esters is 1. The van der Waals surface area contributed by atoms with Gasteiger partial charge in [-0.25, -0.2) is 4.68 Å². The van der Waals surface area contributed by atoms with Gasteiger partial charge in [-0.05, 0) is 46.8 Å². The highest BCUT2D eigenvalue weighted by molar-refractivity contribution is 6.36. The summed E-state index contributed by atoms with van der Waals surface area (Å²) in [7, 11) is 0. The third-order valence-corrected chi connectivity index (χ3v) is 3.77. The third-order valence-electron chi connectivity index (χ3n) is 3.06. The van der Waals surface area contributed by atoms with Gasteiger partial charge < -0.3 is 4.74 Å². The highest BCUT2D eigenvalue weighted by Crippen LogP contribution is 2.25. The van der Waals surface area contributed by atoms with Gasteiger partial charge in [0.25, 0.3) is 0 Å². The Kier molecular flexibility index (Phi) is 4.55. The molecule has 0 unspecified atom stereocenters. The summed E-state index contributed by atoms with van der Waals surface area (Å²) < 4.78 is 6.78. The Morgan fingerprint density at radius 1 is 1.09 bits per heavy atom. The van der Waals surface area contributed by atoms with E-state index in [1.807, 2.05) is 0 Å². The molecule has 8 heteroatoms. The fourth-order valence-corrected chi connectivity index (χ4v) is 2.49. The van der Waals surface area contributed by atoms with Gasteiger partial charge in [-0.3, -0.25) is 4.79 Å². The Morgan fingerprint density at radius 2 is 1.78 bits per heavy atom. The van der Waals surface area contributed by atoms with E-state index in [2.05, 4.69) is 15.5 Å². The first-order chi connectivity index (χ1) is 11.1. The molecule has 1 heterocycles. The molecule has 0 aliphatic rings. The molecule has 0 spiro atoms. The summed E-state index contributed by atoms with van der Waals surface area (Å²) in [4.78, 5) is 12.0. The monoisotopic (exact) mass is 348 g/mol. The maximum Gasteiger partial charge on any atom is 0.315 e. The van der Waals surface area contributed by atoms with Crippen molar-refractivity contribution in [1.29, 1.82) is 0 Å². The summed E-state index contributed by atoms with van der Waals surface area (Å²) in [5, 5.41) is 11.7. The van der Waals surface area contributed by atoms with Gasteiger partial charge in [-0.2, -0.15) is 0 Å². The maximum absolute atomic E-state index is 12.0. The number of tetrazole rings is 1. The lowest BCUT2D eigenvalue weighted by atomic mass is 10.1. The standard InChI is InChI=1S/C15H10Cl2N4O2/c16-13-2-1-3-14(17)12(13)8-15(22)23-11-6-4-10(5-7-11)21-9-18-19-20-21/h1-7,9H,8H2. The normalized spacial score (nSPS) is 10.5. The second-order valence-electron chi connectivity index (χ2n) is 4.60. The predicted molar refractivity (Wildman–Crippen MR) is 85.0 cm³/mol. The zero-order valence-electron chi connectivity index (χ0n) is 11.7. The Labute approximate surface area is 141 Å². The number of nitrogens with zero attached hydrogens (tertiary/aromatic N) is 4. The van der Waals surface area contributed by atoms with E-state index in [0.717, 1.165) is 5.69 Å². The number of aromatic nitrogens is 4. The smallest absolute Gasteiger partial charge is 0.315 e. The van der Waals surface area contributed by atoms with Crippen LogP contribution in [0.2, 0.25) is 10.0 Å². The van der Waals surface area contributed by atoms with Crippen LogP contribution in [0, 0.1) is 0 Å². The van der Waals surface area contributed by atoms with Crippen LogP contribution in [0.5, 0.6) is 5.75 Å². The topological polar surface area (TPSA) is 69.9 Å². The highest BCUT2D eigenvalue weighted by atomic mass is 35.5. The fraction of sp³-hybridized carbons (Fsp3) is 0.0667. The second kappa shape index (κ2) is 6.76. The number of hydrogen-bond acceptors (Lipinski definition) is 5. The van der Waals surface area contributed by atoms with E-state index < -0.39 is 5.97 Å². The number of benzene rings is 2. The van der Waals surface area contributed by atoms with Crippen LogP contribution in [0.1, 0.15) is 5.56 Å². The minimum absolute atomic E-state index is 0.00669. The molecule has 6 nitrogen and oxygen atoms in total. The minimum Gasteiger partial charge on any atom is -0.426 e. The summed E-state index contributed by atoms with van der Waals surface area (Å²) >= 11 is 12.1. The largest absolute Gasteiger partial charge is 0.426 e. The van der Waals surface area contributed by atoms with Crippen LogP contribution in [0.3, 0.4) is 0 Å². The van der Waals surface area contributed by atoms with Crippen molar-refractivity contribution in [2.75, 3.05) is 0 Å². The van der Waals surface area contributed by atoms with Gasteiger partial charge in [0.05, 0.1) is 12.1 Å². The van der Waals surface area contributed by atoms with Crippen molar-refractivity contribution in [3.63, 3.8) is 0 Å². The molecule has 0 fully saturated rings. The van der Waals surface area contributed by atoms with E-state index in [9.17, 15) is 4.79 Å². The van der Waals surface area contributed by atoms with Crippen LogP contribution < -0.4 is 4.74 Å². The Balaban J connectivity index is 1.68. The molecule has 0 saturated heterocycles. The zero-order chi connectivity index (χ0) is 16.2. The van der Waals surface area contributed by atoms with E-state index in [1.54, 1.807) is 42.5 Å². The molecule has 0 aliphatic heterocycles. The summed E-state index contributed by atoms with van der Waals surface area (Å²) in [5.74, 6) is -0.0369. The third kappa shape index (κ3) is 3.67. The average molecular weight is 349 g/mol. The maximum atomic E-state index is 12.0. The van der Waals surface area contributed by atoms with E-state index in [-0.39, 0.29) is 6.42 Å². The lowest BCUT2D eigenvalue weighted by molar-refractivity contribution is -0.133. The molecule has 2 aromatic carbocycles. The van der Waals surface area contributed by atoms with Crippen molar-refractivity contribution >= 4 is 29.2 Å². The van der Waals surface area contributed by atoms with Crippen molar-refractivity contribution in [3.05, 3.63) is 64.4 Å². The number of hydrogen-bond donors (Lipinski definition) is 0. The van der Waals surface area contributed by atoms with Crippen molar-refractivity contribution in [2.24, 2.45) is 0 Å². The van der Waals surface area contributed by atoms with Gasteiger partial charge in [-0.1, -0.05) is 29.3 Å². The Morgan fingerprint density at radius 3 is 2.39 bits per heavy atom. The molecule has 0 amide bonds. The molecule has 0 radical (unpaired) electrons. The van der Waals surface area contributed by atoms with Gasteiger partial charge in [0.2, 0.25) is 0 Å². The van der Waals surface area contributed by atoms with Gasteiger partial charge in [-0.15, -0.1) is 5.10 Å². The molecular weight excluding hydrogens is 339 g/mol. The summed E-state index contributed by atoms with van der Waals surface area (Å²) in [6, 6.07) is 11.9. The van der Waals surface area contributed by atoms with Crippen molar-refractivity contribution in [1.82, 2.24) is 20.2 Å². The molecule has 0 N–H and O–H groups in total. The number of rotatable bonds is 4. The van der Waals surface area contributed by atoms with E-state index in [4.69, 9.17) is 27.9 Å². The van der Waals surface area contributed by atoms with Crippen molar-refractivity contribution in [2.45, 2.75) is 6.42 Å². The average Bonchev–Trinajstić information content (AvgIpc) is 3.06. The molecule has 116 valence electrons. The molecule has 3 rings (SSSR count). The van der Waals surface area contributed by atoms with Crippen LogP contribution in [0.25, 0.3) is 5.69 Å². The molecule has 3 aromatic rings. The van der Waals surface area contributed by atoms with Crippen LogP contribution in [0.4, 0.5) is 0 Å². The summed E-state index contributed by atoms with van der Waals surface area (Å²) in [5.41, 5.74) is 1.30. The summed E-state index contributed by atoms with van der Waals surface area (Å²) in [6.07, 6.45) is 1.47. The van der Waals surface area contributed by atoms with Gasteiger partial charge in [0, 0.05) is 15.6 Å². The quantitative estimate of drug-likeness (QED) is 0.535. The first-order valence-electron chi connectivity index (χ1n) is 6.60. The van der Waals surface area contributed by atoms with Gasteiger partial charge >= 0.3 is 5.97 Å². The van der Waals surface area contributed by atoms with E-state index in [0.29, 0.717) is 21.4 Å². The van der Waals surface area contributed by atoms with Crippen molar-refractivity contribution < 1.29 is 9.53 Å². The van der Waals surface area contributed by atoms with Crippen LogP contribution in [0.15, 0.2) is 48.8 Å². The zero-order valence-corrected chi connectivity index (χ0v) is 13.2. The van der Waals surface area contributed by atoms with Crippen LogP contribution in [-0.2, 0) is 11.2 Å². The molecule has 1 aromatic heterocycles. The SMILES string of the molecule is O=C(Cc1c(Cl)cccc1Cl)Oc1ccc(-n2cnnn2)cc1. The molecule has 0 saturated carbocycles. The van der Waals surface area contributed by atoms with Crippen LogP contribution in [-0.4, -0.2) is 26.2 Å². The number of halogens is 2. The first kappa shape index (κ1) is 15.5. The Bertz CT molecular complexity index is 800. The van der Waals surface area contributed by atoms with E-state index >= 15 is 0 Å². The summed E-state index contributed by atoms with van der Waals surface area (Å²) in [6.45, 7) is 0. The molecule has 0 atom stereocenters. The predicted octanol–water partition coefficient (Wildman–Crippen LogP) is 3.12. The lowest BCUT2D eigenvalue weighted by Gasteiger charge is -2.08. The highest BCUT2D eigenvalue weighted by Gasteiger charge is 2.12. The molecule has 23 heavy (non-hydrogen) atoms. The van der Waals surface area contributed by atoms with Crippen molar-refractivity contribution in [3.8, 4) is 11.4 Å². The number of carbonyl (C=O) groups excluding carboxylic acids is 1. The minimum atomic E-state index is -0.449. The van der Waals surface area contributed by atoms with Crippen LogP contribution >= 0.6 is 23.2 Å². The molecule has 0 aliphatic carbocycles. The second-order valence-corrected chi connectivity index (χ2v) is 5.41. The number of ether oxygens (including phenoxy) is 1. The molecule has 0 bridgehead atoms. The molecular formula is C15H10Cl2N4O2. The Hall–Kier alpha value is -2.44.